The molecule has 0 aromatic carbocycles. The second-order valence-corrected chi connectivity index (χ2v) is 18.1. The molecule has 0 aliphatic carbocycles. The Hall–Kier alpha value is -2.12. The van der Waals surface area contributed by atoms with Gasteiger partial charge < -0.3 is 19.1 Å². The maximum atomic E-state index is 13.6. The van der Waals surface area contributed by atoms with E-state index in [-0.39, 0.29) is 36.2 Å². The van der Waals surface area contributed by atoms with E-state index >= 15 is 0 Å². The summed E-state index contributed by atoms with van der Waals surface area (Å²) in [7, 11) is 0. The van der Waals surface area contributed by atoms with Crippen molar-refractivity contribution in [3.8, 4) is 0 Å². The van der Waals surface area contributed by atoms with E-state index in [0.29, 0.717) is 38.2 Å². The number of esters is 3. The van der Waals surface area contributed by atoms with Crippen molar-refractivity contribution < 1.29 is 33.4 Å². The van der Waals surface area contributed by atoms with Crippen molar-refractivity contribution in [3.63, 3.8) is 0 Å². The van der Waals surface area contributed by atoms with Crippen LogP contribution in [-0.2, 0) is 33.4 Å². The molecular weight excluding hydrogens is 763 g/mol. The normalized spacial score (nSPS) is 11.5. The van der Waals surface area contributed by atoms with Crippen LogP contribution in [0.4, 0.5) is 0 Å². The van der Waals surface area contributed by atoms with Crippen molar-refractivity contribution in [2.45, 2.75) is 304 Å². The number of carbonyl (C=O) groups excluding carboxylic acids is 4. The number of amides is 1. The molecule has 0 fully saturated rings. The van der Waals surface area contributed by atoms with Crippen LogP contribution in [-0.4, -0.2) is 60.1 Å². The van der Waals surface area contributed by atoms with Gasteiger partial charge in [0, 0.05) is 38.3 Å². The Morgan fingerprint density at radius 2 is 0.705 bits per heavy atom. The molecule has 0 aromatic rings. The van der Waals surface area contributed by atoms with Crippen LogP contribution in [0, 0.1) is 0 Å². The van der Waals surface area contributed by atoms with E-state index in [2.05, 4.69) is 46.4 Å². The van der Waals surface area contributed by atoms with Gasteiger partial charge in [-0.2, -0.15) is 0 Å². The molecule has 8 nitrogen and oxygen atoms in total. The molecule has 360 valence electrons. The Labute approximate surface area is 377 Å². The van der Waals surface area contributed by atoms with Gasteiger partial charge in [0.15, 0.2) is 0 Å². The van der Waals surface area contributed by atoms with Crippen LogP contribution in [0.25, 0.3) is 0 Å². The van der Waals surface area contributed by atoms with Crippen LogP contribution in [0.2, 0.25) is 0 Å². The average molecular weight is 864 g/mol. The van der Waals surface area contributed by atoms with Gasteiger partial charge in [0.25, 0.3) is 0 Å². The first kappa shape index (κ1) is 58.9. The SMILES string of the molecule is CCCCCOC(=O)CCCCCCCC(=O)N(CC)C(CCCCCCCCC(=O)OC(CCCC)CCCC)CCCCCCCCC(=O)OC(CCCC)CCCC. The third kappa shape index (κ3) is 37.0. The number of rotatable bonds is 46. The van der Waals surface area contributed by atoms with Gasteiger partial charge in [-0.15, -0.1) is 0 Å². The van der Waals surface area contributed by atoms with E-state index < -0.39 is 0 Å². The number of ether oxygens (including phenoxy) is 3. The van der Waals surface area contributed by atoms with Crippen molar-refractivity contribution >= 4 is 23.8 Å². The van der Waals surface area contributed by atoms with E-state index in [1.165, 1.54) is 12.8 Å². The topological polar surface area (TPSA) is 99.2 Å². The molecule has 8 heteroatoms. The molecule has 61 heavy (non-hydrogen) atoms. The van der Waals surface area contributed by atoms with Crippen LogP contribution < -0.4 is 0 Å². The highest BCUT2D eigenvalue weighted by atomic mass is 16.5. The van der Waals surface area contributed by atoms with Gasteiger partial charge in [0.1, 0.15) is 12.2 Å². The van der Waals surface area contributed by atoms with Crippen molar-refractivity contribution in [2.75, 3.05) is 13.2 Å². The van der Waals surface area contributed by atoms with Crippen LogP contribution >= 0.6 is 0 Å². The first-order valence-corrected chi connectivity index (χ1v) is 26.6. The fourth-order valence-electron chi connectivity index (χ4n) is 8.38. The van der Waals surface area contributed by atoms with E-state index in [9.17, 15) is 19.2 Å². The monoisotopic (exact) mass is 864 g/mol. The predicted octanol–water partition coefficient (Wildman–Crippen LogP) is 15.5. The van der Waals surface area contributed by atoms with Gasteiger partial charge in [-0.3, -0.25) is 19.2 Å². The summed E-state index contributed by atoms with van der Waals surface area (Å²) < 4.78 is 17.0. The van der Waals surface area contributed by atoms with Crippen molar-refractivity contribution in [2.24, 2.45) is 0 Å². The van der Waals surface area contributed by atoms with Crippen LogP contribution in [0.3, 0.4) is 0 Å². The summed E-state index contributed by atoms with van der Waals surface area (Å²) >= 11 is 0. The summed E-state index contributed by atoms with van der Waals surface area (Å²) in [4.78, 5) is 52.8. The lowest BCUT2D eigenvalue weighted by Gasteiger charge is -2.31. The second kappa shape index (κ2) is 44.5. The zero-order valence-electron chi connectivity index (χ0n) is 41.3. The van der Waals surface area contributed by atoms with Gasteiger partial charge in [0.2, 0.25) is 5.91 Å². The minimum absolute atomic E-state index is 0.0202. The predicted molar refractivity (Wildman–Crippen MR) is 256 cm³/mol. The highest BCUT2D eigenvalue weighted by Crippen LogP contribution is 2.22. The summed E-state index contributed by atoms with van der Waals surface area (Å²) in [5.41, 5.74) is 0. The van der Waals surface area contributed by atoms with E-state index in [1.807, 2.05) is 0 Å². The summed E-state index contributed by atoms with van der Waals surface area (Å²) in [5, 5.41) is 0. The molecule has 0 rings (SSSR count). The fourth-order valence-corrected chi connectivity index (χ4v) is 8.38. The van der Waals surface area contributed by atoms with Gasteiger partial charge in [-0.25, -0.2) is 0 Å². The van der Waals surface area contributed by atoms with Crippen molar-refractivity contribution in [3.05, 3.63) is 0 Å². The van der Waals surface area contributed by atoms with E-state index in [4.69, 9.17) is 14.2 Å². The van der Waals surface area contributed by atoms with Gasteiger partial charge in [0.05, 0.1) is 6.61 Å². The standard InChI is InChI=1S/C53H101NO7/c1-7-13-35-46-59-51(56)43-32-28-22-25-31-42-50(55)54(12-6)47(36-29-23-18-20-26-33-44-52(57)60-48(38-14-8-2)39-15-9-3)37-30-24-19-21-27-34-45-53(58)61-49(40-16-10-4)41-17-11-5/h47-49H,7-46H2,1-6H3. The molecule has 0 saturated carbocycles. The maximum absolute atomic E-state index is 13.6. The quantitative estimate of drug-likeness (QED) is 0.0341. The second-order valence-electron chi connectivity index (χ2n) is 18.1. The van der Waals surface area contributed by atoms with Gasteiger partial charge >= 0.3 is 17.9 Å². The largest absolute Gasteiger partial charge is 0.466 e. The van der Waals surface area contributed by atoms with E-state index in [1.54, 1.807) is 0 Å². The van der Waals surface area contributed by atoms with Crippen molar-refractivity contribution in [1.82, 2.24) is 4.90 Å². The smallest absolute Gasteiger partial charge is 0.306 e. The Balaban J connectivity index is 4.78. The maximum Gasteiger partial charge on any atom is 0.306 e. The Morgan fingerprint density at radius 3 is 1.08 bits per heavy atom. The third-order valence-corrected chi connectivity index (χ3v) is 12.3. The number of carbonyl (C=O) groups is 4. The highest BCUT2D eigenvalue weighted by molar-refractivity contribution is 5.76. The Bertz CT molecular complexity index is 953. The molecule has 0 N–H and O–H groups in total. The summed E-state index contributed by atoms with van der Waals surface area (Å²) in [6.45, 7) is 14.3. The Morgan fingerprint density at radius 1 is 0.361 bits per heavy atom. The zero-order chi connectivity index (χ0) is 45.0. The summed E-state index contributed by atoms with van der Waals surface area (Å²) in [6, 6.07) is 0.284. The van der Waals surface area contributed by atoms with Gasteiger partial charge in [-0.1, -0.05) is 182 Å². The molecule has 0 heterocycles. The third-order valence-electron chi connectivity index (χ3n) is 12.3. The molecule has 0 aliphatic heterocycles. The lowest BCUT2D eigenvalue weighted by molar-refractivity contribution is -0.151. The lowest BCUT2D eigenvalue weighted by atomic mass is 9.98. The molecule has 0 aromatic heterocycles. The van der Waals surface area contributed by atoms with Gasteiger partial charge in [-0.05, 0) is 77.6 Å². The Kier molecular flexibility index (Phi) is 42.9. The number of nitrogens with zero attached hydrogens (tertiary/aromatic N) is 1. The zero-order valence-corrected chi connectivity index (χ0v) is 41.3. The van der Waals surface area contributed by atoms with Crippen LogP contribution in [0.5, 0.6) is 0 Å². The fraction of sp³-hybridized carbons (Fsp3) is 0.925. The summed E-state index contributed by atoms with van der Waals surface area (Å²) in [5.74, 6) is 0.175. The minimum atomic E-state index is -0.0763. The molecule has 0 bridgehead atoms. The molecule has 0 spiro atoms. The number of hydrogen-bond acceptors (Lipinski definition) is 7. The lowest BCUT2D eigenvalue weighted by Crippen LogP contribution is -2.40. The highest BCUT2D eigenvalue weighted by Gasteiger charge is 2.22. The number of unbranched alkanes of at least 4 members (excludes halogenated alkanes) is 20. The first-order chi connectivity index (χ1) is 29.8. The number of hydrogen-bond donors (Lipinski definition) is 0. The van der Waals surface area contributed by atoms with Crippen LogP contribution in [0.1, 0.15) is 286 Å². The van der Waals surface area contributed by atoms with E-state index in [0.717, 1.165) is 212 Å². The molecule has 0 atom stereocenters. The molecule has 0 unspecified atom stereocenters. The van der Waals surface area contributed by atoms with Crippen LogP contribution in [0.15, 0.2) is 0 Å². The minimum Gasteiger partial charge on any atom is -0.466 e. The molecule has 0 aliphatic rings. The molecule has 0 saturated heterocycles. The first-order valence-electron chi connectivity index (χ1n) is 26.6. The molecule has 1 amide bonds. The van der Waals surface area contributed by atoms with Crippen molar-refractivity contribution in [1.29, 1.82) is 0 Å². The average Bonchev–Trinajstić information content (AvgIpc) is 3.25. The molecule has 0 radical (unpaired) electrons. The molecular formula is C53H101NO7. The summed E-state index contributed by atoms with van der Waals surface area (Å²) in [6.07, 6.45) is 38.6.